The number of H-pyrrole nitrogens is 1. The average Bonchev–Trinajstić information content (AvgIpc) is 3.53. The van der Waals surface area contributed by atoms with E-state index in [2.05, 4.69) is 31.6 Å². The van der Waals surface area contributed by atoms with Crippen LogP contribution >= 0.6 is 11.8 Å². The van der Waals surface area contributed by atoms with Crippen molar-refractivity contribution in [3.8, 4) is 0 Å². The van der Waals surface area contributed by atoms with Crippen LogP contribution < -0.4 is 26.6 Å². The maximum Gasteiger partial charge on any atom is 0.243 e. The Kier molecular flexibility index (Phi) is 11.7. The molecule has 3 heterocycles. The normalized spacial score (nSPS) is 23.2. The second-order valence-electron chi connectivity index (χ2n) is 12.9. The van der Waals surface area contributed by atoms with Gasteiger partial charge in [0.05, 0.1) is 18.5 Å². The molecule has 2 fully saturated rings. The number of hydrogen-bond donors (Lipinski definition) is 6. The van der Waals surface area contributed by atoms with Crippen LogP contribution in [0.5, 0.6) is 0 Å². The Morgan fingerprint density at radius 3 is 2.04 bits per heavy atom. The molecule has 0 saturated carbocycles. The Balaban J connectivity index is 1.31. The molecule has 1 aromatic heterocycles. The van der Waals surface area contributed by atoms with Crippen molar-refractivity contribution in [3.63, 3.8) is 0 Å². The largest absolute Gasteiger partial charge is 0.361 e. The van der Waals surface area contributed by atoms with Crippen LogP contribution in [0, 0.1) is 0 Å². The standard InChI is InChI=1S/C38H44N6O4S/c45-35-22-34(41-28-15-17-49-18-16-28)36(46)40-24-29(19-25-9-3-1-4-10-25)42-37(47)32(20-26-11-5-2-6-12-26)44-38(48)33(43-35)21-27-23-39-31-14-8-7-13-30(27)31/h1-14,23,28-29,32-34,39,41H,15-22,24H2,(H,40,46)(H,42,47)(H,43,45)(H,44,48)/t29-,32+,33+,34-/m1/s1. The number of thioether (sulfide) groups is 1. The fourth-order valence-electron chi connectivity index (χ4n) is 6.60. The fraction of sp³-hybridized carbons (Fsp3) is 0.368. The fourth-order valence-corrected chi connectivity index (χ4v) is 7.70. The Morgan fingerprint density at radius 1 is 0.673 bits per heavy atom. The number of amides is 4. The molecule has 0 bridgehead atoms. The molecule has 4 aromatic rings. The summed E-state index contributed by atoms with van der Waals surface area (Å²) < 4.78 is 0. The summed E-state index contributed by atoms with van der Waals surface area (Å²) in [5, 5.41) is 16.5. The molecule has 11 heteroatoms. The van der Waals surface area contributed by atoms with Crippen molar-refractivity contribution in [3.05, 3.63) is 108 Å². The summed E-state index contributed by atoms with van der Waals surface area (Å²) in [6.45, 7) is 0.162. The van der Waals surface area contributed by atoms with E-state index in [9.17, 15) is 19.2 Å². The molecule has 6 N–H and O–H groups in total. The number of nitrogens with one attached hydrogen (secondary N) is 6. The first kappa shape index (κ1) is 34.3. The first-order valence-corrected chi connectivity index (χ1v) is 18.2. The van der Waals surface area contributed by atoms with Gasteiger partial charge in [-0.2, -0.15) is 11.8 Å². The highest BCUT2D eigenvalue weighted by Gasteiger charge is 2.32. The number of carbonyl (C=O) groups is 4. The van der Waals surface area contributed by atoms with E-state index in [-0.39, 0.29) is 43.7 Å². The summed E-state index contributed by atoms with van der Waals surface area (Å²) in [6.07, 6.45) is 4.44. The first-order valence-electron chi connectivity index (χ1n) is 17.1. The van der Waals surface area contributed by atoms with Crippen molar-refractivity contribution in [2.45, 2.75) is 68.7 Å². The van der Waals surface area contributed by atoms with Crippen LogP contribution in [0.25, 0.3) is 10.9 Å². The van der Waals surface area contributed by atoms with E-state index in [0.29, 0.717) is 6.42 Å². The molecule has 256 valence electrons. The zero-order valence-electron chi connectivity index (χ0n) is 27.5. The highest BCUT2D eigenvalue weighted by atomic mass is 32.2. The number of benzene rings is 3. The van der Waals surface area contributed by atoms with Crippen LogP contribution in [0.15, 0.2) is 91.1 Å². The van der Waals surface area contributed by atoms with Crippen LogP contribution in [-0.2, 0) is 38.4 Å². The Morgan fingerprint density at radius 2 is 1.31 bits per heavy atom. The minimum Gasteiger partial charge on any atom is -0.361 e. The highest BCUT2D eigenvalue weighted by molar-refractivity contribution is 7.99. The second-order valence-corrected chi connectivity index (χ2v) is 14.1. The molecule has 2 aliphatic rings. The van der Waals surface area contributed by atoms with Gasteiger partial charge in [-0.05, 0) is 53.5 Å². The van der Waals surface area contributed by atoms with Gasteiger partial charge in [0.1, 0.15) is 12.1 Å². The molecule has 3 aromatic carbocycles. The summed E-state index contributed by atoms with van der Waals surface area (Å²) in [5.41, 5.74) is 3.65. The summed E-state index contributed by atoms with van der Waals surface area (Å²) >= 11 is 1.88. The molecule has 0 aliphatic carbocycles. The van der Waals surface area contributed by atoms with E-state index in [1.807, 2.05) is 103 Å². The molecule has 2 saturated heterocycles. The van der Waals surface area contributed by atoms with Crippen LogP contribution in [0.1, 0.15) is 36.0 Å². The van der Waals surface area contributed by atoms with Crippen LogP contribution in [0.2, 0.25) is 0 Å². The lowest BCUT2D eigenvalue weighted by Crippen LogP contribution is -2.59. The van der Waals surface area contributed by atoms with E-state index in [1.54, 1.807) is 0 Å². The molecule has 4 atom stereocenters. The lowest BCUT2D eigenvalue weighted by molar-refractivity contribution is -0.133. The summed E-state index contributed by atoms with van der Waals surface area (Å²) in [6, 6.07) is 24.0. The summed E-state index contributed by atoms with van der Waals surface area (Å²) in [4.78, 5) is 59.0. The van der Waals surface area contributed by atoms with Gasteiger partial charge in [0, 0.05) is 42.5 Å². The lowest BCUT2D eigenvalue weighted by Gasteiger charge is -2.30. The third-order valence-corrected chi connectivity index (χ3v) is 10.3. The maximum absolute atomic E-state index is 14.2. The lowest BCUT2D eigenvalue weighted by atomic mass is 10.00. The third-order valence-electron chi connectivity index (χ3n) is 9.22. The van der Waals surface area contributed by atoms with Gasteiger partial charge in [-0.15, -0.1) is 0 Å². The van der Waals surface area contributed by atoms with E-state index in [4.69, 9.17) is 0 Å². The summed E-state index contributed by atoms with van der Waals surface area (Å²) in [7, 11) is 0. The number of aromatic nitrogens is 1. The molecule has 2 aliphatic heterocycles. The zero-order valence-corrected chi connectivity index (χ0v) is 28.3. The SMILES string of the molecule is O=C1C[C@@H](NC2CCSCC2)C(=O)NC[C@@H](Cc2ccccc2)NC(=O)[C@H](Cc2ccccc2)NC(=O)[C@H](Cc2c[nH]c3ccccc23)N1. The minimum absolute atomic E-state index is 0.104. The van der Waals surface area contributed by atoms with Crippen LogP contribution in [-0.4, -0.2) is 76.9 Å². The van der Waals surface area contributed by atoms with Gasteiger partial charge in [-0.25, -0.2) is 0 Å². The maximum atomic E-state index is 14.2. The third kappa shape index (κ3) is 9.51. The van der Waals surface area contributed by atoms with Crippen LogP contribution in [0.4, 0.5) is 0 Å². The van der Waals surface area contributed by atoms with Crippen molar-refractivity contribution in [2.24, 2.45) is 0 Å². The number of fused-ring (bicyclic) bond motifs is 1. The van der Waals surface area contributed by atoms with Crippen molar-refractivity contribution in [1.82, 2.24) is 31.6 Å². The van der Waals surface area contributed by atoms with Gasteiger partial charge in [-0.3, -0.25) is 19.2 Å². The minimum atomic E-state index is -0.990. The topological polar surface area (TPSA) is 144 Å². The Bertz CT molecular complexity index is 1730. The van der Waals surface area contributed by atoms with E-state index in [1.165, 1.54) is 0 Å². The molecule has 0 spiro atoms. The van der Waals surface area contributed by atoms with Crippen LogP contribution in [0.3, 0.4) is 0 Å². The predicted molar refractivity (Wildman–Crippen MR) is 193 cm³/mol. The Hall–Kier alpha value is -4.61. The van der Waals surface area contributed by atoms with Crippen molar-refractivity contribution in [2.75, 3.05) is 18.1 Å². The van der Waals surface area contributed by atoms with Crippen molar-refractivity contribution < 1.29 is 19.2 Å². The Labute approximate surface area is 291 Å². The highest BCUT2D eigenvalue weighted by Crippen LogP contribution is 2.20. The molecule has 6 rings (SSSR count). The predicted octanol–water partition coefficient (Wildman–Crippen LogP) is 3.02. The van der Waals surface area contributed by atoms with E-state index < -0.39 is 36.0 Å². The van der Waals surface area contributed by atoms with Crippen molar-refractivity contribution >= 4 is 46.3 Å². The van der Waals surface area contributed by atoms with Gasteiger partial charge in [-0.1, -0.05) is 78.9 Å². The van der Waals surface area contributed by atoms with Gasteiger partial charge in [0.2, 0.25) is 23.6 Å². The first-order chi connectivity index (χ1) is 23.9. The van der Waals surface area contributed by atoms with Gasteiger partial charge in [0.25, 0.3) is 0 Å². The van der Waals surface area contributed by atoms with Gasteiger partial charge >= 0.3 is 0 Å². The number of aromatic amines is 1. The zero-order chi connectivity index (χ0) is 34.0. The number of carbonyl (C=O) groups excluding carboxylic acids is 4. The quantitative estimate of drug-likeness (QED) is 0.169. The molecule has 10 nitrogen and oxygen atoms in total. The van der Waals surface area contributed by atoms with E-state index in [0.717, 1.165) is 51.9 Å². The molecule has 4 amide bonds. The summed E-state index contributed by atoms with van der Waals surface area (Å²) in [5.74, 6) is 0.414. The molecule has 49 heavy (non-hydrogen) atoms. The van der Waals surface area contributed by atoms with Crippen molar-refractivity contribution in [1.29, 1.82) is 0 Å². The molecule has 0 unspecified atom stereocenters. The second kappa shape index (κ2) is 16.7. The smallest absolute Gasteiger partial charge is 0.243 e. The number of rotatable bonds is 8. The molecule has 0 radical (unpaired) electrons. The van der Waals surface area contributed by atoms with Gasteiger partial charge < -0.3 is 31.6 Å². The number of para-hydroxylation sites is 1. The number of hydrogen-bond acceptors (Lipinski definition) is 6. The molecular formula is C38H44N6O4S. The average molecular weight is 681 g/mol. The molecular weight excluding hydrogens is 637 g/mol. The van der Waals surface area contributed by atoms with E-state index >= 15 is 0 Å². The monoisotopic (exact) mass is 680 g/mol. The van der Waals surface area contributed by atoms with Gasteiger partial charge in [0.15, 0.2) is 0 Å².